The average molecular weight is 631 g/mol. The molecule has 0 bridgehead atoms. The number of thiophene rings is 1. The van der Waals surface area contributed by atoms with Crippen LogP contribution in [0.5, 0.6) is 0 Å². The van der Waals surface area contributed by atoms with Gasteiger partial charge in [0.1, 0.15) is 14.6 Å². The minimum absolute atomic E-state index is 0.00874. The Balaban J connectivity index is 1.90. The first kappa shape index (κ1) is 28.1. The van der Waals surface area contributed by atoms with Crippen LogP contribution in [0.3, 0.4) is 0 Å². The molecule has 7 nitrogen and oxygen atoms in total. The molecule has 13 heteroatoms. The van der Waals surface area contributed by atoms with Crippen molar-refractivity contribution in [2.24, 2.45) is 0 Å². The molecule has 1 amide bonds. The number of ether oxygens (including phenoxy) is 1. The van der Waals surface area contributed by atoms with Gasteiger partial charge < -0.3 is 9.64 Å². The molecule has 1 aromatic heterocycles. The number of halogens is 4. The molecule has 0 spiro atoms. The summed E-state index contributed by atoms with van der Waals surface area (Å²) in [5.74, 6) is -1.64. The van der Waals surface area contributed by atoms with E-state index < -0.39 is 48.3 Å². The van der Waals surface area contributed by atoms with Gasteiger partial charge in [-0.3, -0.25) is 9.52 Å². The van der Waals surface area contributed by atoms with Crippen molar-refractivity contribution in [2.75, 3.05) is 24.9 Å². The Bertz CT molecular complexity index is 1470. The van der Waals surface area contributed by atoms with Gasteiger partial charge in [0.15, 0.2) is 0 Å². The smallest absolute Gasteiger partial charge is 0.426 e. The van der Waals surface area contributed by atoms with E-state index in [9.17, 15) is 31.2 Å². The maximum Gasteiger partial charge on any atom is 0.426 e. The maximum absolute atomic E-state index is 14.1. The molecule has 2 heterocycles. The second-order valence-electron chi connectivity index (χ2n) is 8.47. The van der Waals surface area contributed by atoms with E-state index in [1.54, 1.807) is 17.0 Å². The van der Waals surface area contributed by atoms with Crippen molar-refractivity contribution >= 4 is 54.9 Å². The number of benzene rings is 2. The van der Waals surface area contributed by atoms with E-state index in [0.29, 0.717) is 17.6 Å². The largest absolute Gasteiger partial charge is 0.465 e. The van der Waals surface area contributed by atoms with Crippen molar-refractivity contribution in [3.8, 4) is 11.1 Å². The van der Waals surface area contributed by atoms with E-state index in [2.05, 4.69) is 25.4 Å². The minimum atomic E-state index is -4.96. The highest BCUT2D eigenvalue weighted by molar-refractivity contribution is 9.10. The zero-order chi connectivity index (χ0) is 27.7. The first-order valence-corrected chi connectivity index (χ1v) is 14.5. The number of sulfonamides is 1. The van der Waals surface area contributed by atoms with Crippen LogP contribution in [-0.4, -0.2) is 45.4 Å². The number of piperidine rings is 1. The van der Waals surface area contributed by atoms with Gasteiger partial charge in [-0.2, -0.15) is 13.2 Å². The summed E-state index contributed by atoms with van der Waals surface area (Å²) in [7, 11) is -3.90. The van der Waals surface area contributed by atoms with Gasteiger partial charge >= 0.3 is 12.1 Å². The summed E-state index contributed by atoms with van der Waals surface area (Å²) >= 11 is 3.25. The number of methoxy groups -OCH3 is 1. The predicted molar refractivity (Wildman–Crippen MR) is 141 cm³/mol. The number of amides is 1. The lowest BCUT2D eigenvalue weighted by molar-refractivity contribution is -0.133. The van der Waals surface area contributed by atoms with Crippen molar-refractivity contribution < 1.29 is 35.9 Å². The lowest BCUT2D eigenvalue weighted by Crippen LogP contribution is -2.36. The molecular formula is C25H22BrF3N2O5S2. The summed E-state index contributed by atoms with van der Waals surface area (Å²) in [6.45, 7) is 1.01. The molecule has 2 aromatic carbocycles. The van der Waals surface area contributed by atoms with Crippen LogP contribution in [0, 0.1) is 0 Å². The van der Waals surface area contributed by atoms with Gasteiger partial charge in [-0.1, -0.05) is 46.3 Å². The first-order chi connectivity index (χ1) is 17.9. The van der Waals surface area contributed by atoms with Gasteiger partial charge in [0, 0.05) is 23.1 Å². The van der Waals surface area contributed by atoms with Crippen molar-refractivity contribution in [2.45, 2.75) is 30.3 Å². The van der Waals surface area contributed by atoms with Crippen LogP contribution in [0.15, 0.2) is 57.9 Å². The number of anilines is 1. The molecule has 3 aromatic rings. The Kier molecular flexibility index (Phi) is 8.19. The lowest BCUT2D eigenvalue weighted by atomic mass is 10.1. The van der Waals surface area contributed by atoms with Gasteiger partial charge in [-0.15, -0.1) is 11.3 Å². The second kappa shape index (κ2) is 11.1. The quantitative estimate of drug-likeness (QED) is 0.318. The third-order valence-electron chi connectivity index (χ3n) is 5.92. The zero-order valence-electron chi connectivity index (χ0n) is 20.0. The van der Waals surface area contributed by atoms with E-state index in [1.807, 2.05) is 0 Å². The van der Waals surface area contributed by atoms with Crippen LogP contribution in [0.25, 0.3) is 11.1 Å². The van der Waals surface area contributed by atoms with Crippen molar-refractivity contribution in [3.05, 3.63) is 68.3 Å². The summed E-state index contributed by atoms with van der Waals surface area (Å²) < 4.78 is 77.4. The summed E-state index contributed by atoms with van der Waals surface area (Å²) in [6, 6.07) is 11.5. The minimum Gasteiger partial charge on any atom is -0.465 e. The molecule has 0 aliphatic carbocycles. The summed E-state index contributed by atoms with van der Waals surface area (Å²) in [4.78, 5) is 24.5. The molecule has 38 heavy (non-hydrogen) atoms. The number of carbonyl (C=O) groups excluding carboxylic acids is 2. The summed E-state index contributed by atoms with van der Waals surface area (Å²) in [5.41, 5.74) is -0.823. The number of esters is 1. The number of likely N-dealkylation sites (tertiary alicyclic amines) is 1. The van der Waals surface area contributed by atoms with Crippen molar-refractivity contribution in [1.29, 1.82) is 0 Å². The predicted octanol–water partition coefficient (Wildman–Crippen LogP) is 6.41. The number of rotatable bonds is 6. The Morgan fingerprint density at radius 2 is 1.71 bits per heavy atom. The molecule has 202 valence electrons. The Morgan fingerprint density at radius 3 is 2.32 bits per heavy atom. The van der Waals surface area contributed by atoms with Crippen LogP contribution < -0.4 is 4.72 Å². The Labute approximate surface area is 229 Å². The number of alkyl halides is 3. The highest BCUT2D eigenvalue weighted by Crippen LogP contribution is 2.48. The third-order valence-corrected chi connectivity index (χ3v) is 9.19. The van der Waals surface area contributed by atoms with Gasteiger partial charge in [-0.05, 0) is 43.0 Å². The molecule has 0 radical (unpaired) electrons. The first-order valence-electron chi connectivity index (χ1n) is 11.4. The van der Waals surface area contributed by atoms with E-state index in [-0.39, 0.29) is 28.2 Å². The Morgan fingerprint density at radius 1 is 1.05 bits per heavy atom. The molecule has 4 rings (SSSR count). The van der Waals surface area contributed by atoms with E-state index in [4.69, 9.17) is 0 Å². The van der Waals surface area contributed by atoms with Gasteiger partial charge in [-0.25, -0.2) is 13.2 Å². The van der Waals surface area contributed by atoms with Gasteiger partial charge in [0.05, 0.1) is 18.4 Å². The normalized spacial score (nSPS) is 14.3. The monoisotopic (exact) mass is 630 g/mol. The second-order valence-corrected chi connectivity index (χ2v) is 12.0. The molecule has 1 aliphatic rings. The number of nitrogens with zero attached hydrogens (tertiary/aromatic N) is 1. The van der Waals surface area contributed by atoms with Crippen LogP contribution in [0.2, 0.25) is 0 Å². The lowest BCUT2D eigenvalue weighted by Gasteiger charge is -2.27. The number of nitrogens with one attached hydrogen (secondary N) is 1. The molecule has 1 N–H and O–H groups in total. The average Bonchev–Trinajstić information content (AvgIpc) is 3.31. The molecule has 1 fully saturated rings. The number of hydrogen-bond donors (Lipinski definition) is 1. The molecule has 1 aliphatic heterocycles. The van der Waals surface area contributed by atoms with E-state index in [0.717, 1.165) is 26.4 Å². The van der Waals surface area contributed by atoms with Crippen molar-refractivity contribution in [3.63, 3.8) is 0 Å². The molecular weight excluding hydrogens is 609 g/mol. The van der Waals surface area contributed by atoms with Crippen LogP contribution in [0.4, 0.5) is 18.9 Å². The molecule has 0 atom stereocenters. The fraction of sp³-hybridized carbons (Fsp3) is 0.280. The molecule has 0 saturated carbocycles. The van der Waals surface area contributed by atoms with E-state index >= 15 is 0 Å². The highest BCUT2D eigenvalue weighted by atomic mass is 79.9. The number of carbonyl (C=O) groups is 2. The zero-order valence-corrected chi connectivity index (χ0v) is 23.2. The van der Waals surface area contributed by atoms with Crippen LogP contribution in [-0.2, 0) is 20.9 Å². The SMILES string of the molecule is COC(=O)c1sc(C(F)(F)F)c(-c2ccccc2)c1S(=O)(=O)Nc1cc(Br)ccc1C(=O)N1CCCCC1. The molecule has 1 saturated heterocycles. The van der Waals surface area contributed by atoms with Gasteiger partial charge in [0.2, 0.25) is 0 Å². The maximum atomic E-state index is 14.1. The van der Waals surface area contributed by atoms with Crippen LogP contribution >= 0.6 is 27.3 Å². The van der Waals surface area contributed by atoms with Gasteiger partial charge in [0.25, 0.3) is 15.9 Å². The number of hydrogen-bond acceptors (Lipinski definition) is 6. The topological polar surface area (TPSA) is 92.8 Å². The van der Waals surface area contributed by atoms with Crippen molar-refractivity contribution in [1.82, 2.24) is 4.90 Å². The standard InChI is InChI=1S/C25H22BrF3N2O5S2/c1-36-24(33)20-21(19(15-8-4-2-5-9-15)22(37-20)25(27,28)29)38(34,35)30-18-14-16(26)10-11-17(18)23(32)31-12-6-3-7-13-31/h2,4-5,8-11,14,30H,3,6-7,12-13H2,1H3. The highest BCUT2D eigenvalue weighted by Gasteiger charge is 2.43. The Hall–Kier alpha value is -2.90. The fourth-order valence-electron chi connectivity index (χ4n) is 4.22. The van der Waals surface area contributed by atoms with E-state index in [1.165, 1.54) is 36.4 Å². The third kappa shape index (κ3) is 5.74. The molecule has 0 unspecified atom stereocenters. The summed E-state index contributed by atoms with van der Waals surface area (Å²) in [5, 5.41) is 0. The summed E-state index contributed by atoms with van der Waals surface area (Å²) in [6.07, 6.45) is -2.37. The van der Waals surface area contributed by atoms with Crippen LogP contribution in [0.1, 0.15) is 44.2 Å². The fourth-order valence-corrected chi connectivity index (χ4v) is 7.48.